The standard InChI is InChI=1S/C17H32N4O.HI/c1-3-15(21-13-7-10-16(21)22)11-12-19-17(18-2)20-14-8-5-4-6-9-14;/h14-15H,3-13H2,1-2H3,(H2,18,19,20);1H. The quantitative estimate of drug-likeness (QED) is 0.383. The fourth-order valence-electron chi connectivity index (χ4n) is 3.63. The van der Waals surface area contributed by atoms with Crippen molar-refractivity contribution in [1.29, 1.82) is 0 Å². The molecule has 2 N–H and O–H groups in total. The molecule has 1 atom stereocenters. The number of likely N-dealkylation sites (tertiary alicyclic amines) is 1. The van der Waals surface area contributed by atoms with Gasteiger partial charge in [-0.2, -0.15) is 0 Å². The summed E-state index contributed by atoms with van der Waals surface area (Å²) in [4.78, 5) is 18.3. The van der Waals surface area contributed by atoms with Crippen LogP contribution in [0.3, 0.4) is 0 Å². The fraction of sp³-hybridized carbons (Fsp3) is 0.882. The van der Waals surface area contributed by atoms with Crippen LogP contribution in [0, 0.1) is 0 Å². The van der Waals surface area contributed by atoms with E-state index in [2.05, 4.69) is 27.4 Å². The van der Waals surface area contributed by atoms with Crippen molar-refractivity contribution in [1.82, 2.24) is 15.5 Å². The van der Waals surface area contributed by atoms with E-state index in [-0.39, 0.29) is 24.0 Å². The Labute approximate surface area is 158 Å². The van der Waals surface area contributed by atoms with Crippen molar-refractivity contribution in [3.05, 3.63) is 0 Å². The zero-order valence-corrected chi connectivity index (χ0v) is 17.0. The fourth-order valence-corrected chi connectivity index (χ4v) is 3.63. The molecule has 1 saturated carbocycles. The van der Waals surface area contributed by atoms with E-state index in [0.717, 1.165) is 44.7 Å². The zero-order chi connectivity index (χ0) is 15.8. The van der Waals surface area contributed by atoms with E-state index in [0.29, 0.717) is 18.0 Å². The number of carbonyl (C=O) groups is 1. The predicted molar refractivity (Wildman–Crippen MR) is 106 cm³/mol. The van der Waals surface area contributed by atoms with Gasteiger partial charge in [0.2, 0.25) is 5.91 Å². The largest absolute Gasteiger partial charge is 0.356 e. The maximum Gasteiger partial charge on any atom is 0.222 e. The molecule has 0 radical (unpaired) electrons. The zero-order valence-electron chi connectivity index (χ0n) is 14.6. The summed E-state index contributed by atoms with van der Waals surface area (Å²) in [6.45, 7) is 3.98. The summed E-state index contributed by atoms with van der Waals surface area (Å²) in [7, 11) is 1.83. The van der Waals surface area contributed by atoms with Crippen LogP contribution in [0.25, 0.3) is 0 Å². The highest BCUT2D eigenvalue weighted by Crippen LogP contribution is 2.18. The normalized spacial score (nSPS) is 21.0. The predicted octanol–water partition coefficient (Wildman–Crippen LogP) is 2.89. The van der Waals surface area contributed by atoms with Gasteiger partial charge in [-0.3, -0.25) is 9.79 Å². The summed E-state index contributed by atoms with van der Waals surface area (Å²) in [6.07, 6.45) is 10.3. The number of aliphatic imine (C=N–C) groups is 1. The van der Waals surface area contributed by atoms with Gasteiger partial charge in [0.05, 0.1) is 0 Å². The minimum atomic E-state index is 0. The Morgan fingerprint density at radius 2 is 2.04 bits per heavy atom. The van der Waals surface area contributed by atoms with Crippen molar-refractivity contribution < 1.29 is 4.79 Å². The lowest BCUT2D eigenvalue weighted by molar-refractivity contribution is -0.129. The number of hydrogen-bond acceptors (Lipinski definition) is 2. The first-order valence-corrected chi connectivity index (χ1v) is 9.01. The number of amides is 1. The smallest absolute Gasteiger partial charge is 0.222 e. The summed E-state index contributed by atoms with van der Waals surface area (Å²) in [6, 6.07) is 0.942. The van der Waals surface area contributed by atoms with Crippen molar-refractivity contribution in [3.63, 3.8) is 0 Å². The van der Waals surface area contributed by atoms with Gasteiger partial charge in [0, 0.05) is 38.6 Å². The third-order valence-electron chi connectivity index (χ3n) is 4.96. The number of hydrogen-bond donors (Lipinski definition) is 2. The summed E-state index contributed by atoms with van der Waals surface area (Å²) >= 11 is 0. The molecule has 134 valence electrons. The van der Waals surface area contributed by atoms with Gasteiger partial charge in [-0.15, -0.1) is 24.0 Å². The third kappa shape index (κ3) is 6.47. The molecule has 0 bridgehead atoms. The number of nitrogens with one attached hydrogen (secondary N) is 2. The van der Waals surface area contributed by atoms with E-state index in [9.17, 15) is 4.79 Å². The average Bonchev–Trinajstić information content (AvgIpc) is 2.97. The Morgan fingerprint density at radius 1 is 1.30 bits per heavy atom. The molecule has 0 spiro atoms. The minimum absolute atomic E-state index is 0. The van der Waals surface area contributed by atoms with Crippen LogP contribution in [0.5, 0.6) is 0 Å². The van der Waals surface area contributed by atoms with Gasteiger partial charge in [0.1, 0.15) is 0 Å². The second-order valence-corrected chi connectivity index (χ2v) is 6.52. The van der Waals surface area contributed by atoms with Gasteiger partial charge >= 0.3 is 0 Å². The molecular formula is C17H33IN4O. The molecule has 1 heterocycles. The van der Waals surface area contributed by atoms with Crippen molar-refractivity contribution in [3.8, 4) is 0 Å². The topological polar surface area (TPSA) is 56.7 Å². The lowest BCUT2D eigenvalue weighted by atomic mass is 9.96. The van der Waals surface area contributed by atoms with E-state index in [4.69, 9.17) is 0 Å². The van der Waals surface area contributed by atoms with Crippen molar-refractivity contribution in [2.45, 2.75) is 76.8 Å². The molecule has 2 aliphatic rings. The molecule has 0 aromatic rings. The lowest BCUT2D eigenvalue weighted by Gasteiger charge is -2.28. The van der Waals surface area contributed by atoms with Crippen molar-refractivity contribution in [2.75, 3.05) is 20.1 Å². The van der Waals surface area contributed by atoms with Crippen LogP contribution in [0.1, 0.15) is 64.7 Å². The highest BCUT2D eigenvalue weighted by atomic mass is 127. The Balaban J connectivity index is 0.00000264. The maximum absolute atomic E-state index is 11.9. The molecule has 1 aliphatic heterocycles. The van der Waals surface area contributed by atoms with Crippen LogP contribution < -0.4 is 10.6 Å². The lowest BCUT2D eigenvalue weighted by Crippen LogP contribution is -2.45. The molecule has 6 heteroatoms. The first kappa shape index (κ1) is 20.5. The molecule has 5 nitrogen and oxygen atoms in total. The summed E-state index contributed by atoms with van der Waals surface area (Å²) < 4.78 is 0. The van der Waals surface area contributed by atoms with Crippen LogP contribution in [0.4, 0.5) is 0 Å². The van der Waals surface area contributed by atoms with Crippen molar-refractivity contribution >= 4 is 35.8 Å². The van der Waals surface area contributed by atoms with Crippen LogP contribution in [0.15, 0.2) is 4.99 Å². The van der Waals surface area contributed by atoms with Crippen LogP contribution in [-0.4, -0.2) is 49.0 Å². The minimum Gasteiger partial charge on any atom is -0.356 e. The Morgan fingerprint density at radius 3 is 2.61 bits per heavy atom. The van der Waals surface area contributed by atoms with Gasteiger partial charge < -0.3 is 15.5 Å². The second-order valence-electron chi connectivity index (χ2n) is 6.52. The molecule has 2 rings (SSSR count). The van der Waals surface area contributed by atoms with Crippen LogP contribution in [-0.2, 0) is 4.79 Å². The van der Waals surface area contributed by atoms with Crippen molar-refractivity contribution in [2.24, 2.45) is 4.99 Å². The number of carbonyl (C=O) groups excluding carboxylic acids is 1. The molecule has 1 amide bonds. The van der Waals surface area contributed by atoms with Gasteiger partial charge in [0.25, 0.3) is 0 Å². The highest BCUT2D eigenvalue weighted by molar-refractivity contribution is 14.0. The maximum atomic E-state index is 11.9. The summed E-state index contributed by atoms with van der Waals surface area (Å²) in [5.41, 5.74) is 0. The van der Waals surface area contributed by atoms with Gasteiger partial charge in [-0.25, -0.2) is 0 Å². The first-order chi connectivity index (χ1) is 10.7. The van der Waals surface area contributed by atoms with Crippen LogP contribution >= 0.6 is 24.0 Å². The Bertz CT molecular complexity index is 383. The van der Waals surface area contributed by atoms with Gasteiger partial charge in [-0.05, 0) is 32.1 Å². The number of nitrogens with zero attached hydrogens (tertiary/aromatic N) is 2. The molecule has 1 unspecified atom stereocenters. The summed E-state index contributed by atoms with van der Waals surface area (Å²) in [5, 5.41) is 6.95. The van der Waals surface area contributed by atoms with Gasteiger partial charge in [-0.1, -0.05) is 26.2 Å². The highest BCUT2D eigenvalue weighted by Gasteiger charge is 2.26. The van der Waals surface area contributed by atoms with Gasteiger partial charge in [0.15, 0.2) is 5.96 Å². The van der Waals surface area contributed by atoms with E-state index in [1.807, 2.05) is 7.05 Å². The molecule has 0 aromatic heterocycles. The molecule has 0 aromatic carbocycles. The van der Waals surface area contributed by atoms with E-state index in [1.165, 1.54) is 32.1 Å². The second kappa shape index (κ2) is 11.1. The molecule has 2 fully saturated rings. The monoisotopic (exact) mass is 436 g/mol. The van der Waals surface area contributed by atoms with E-state index in [1.54, 1.807) is 0 Å². The van der Waals surface area contributed by atoms with E-state index < -0.39 is 0 Å². The van der Waals surface area contributed by atoms with Crippen LogP contribution in [0.2, 0.25) is 0 Å². The molecule has 1 saturated heterocycles. The number of halogens is 1. The number of guanidine groups is 1. The molecule has 1 aliphatic carbocycles. The average molecular weight is 436 g/mol. The van der Waals surface area contributed by atoms with E-state index >= 15 is 0 Å². The Hall–Kier alpha value is -0.530. The first-order valence-electron chi connectivity index (χ1n) is 9.01. The third-order valence-corrected chi connectivity index (χ3v) is 4.96. The SMILES string of the molecule is CCC(CCNC(=NC)NC1CCCCC1)N1CCCC1=O.I. The Kier molecular flexibility index (Phi) is 9.90. The molecular weight excluding hydrogens is 403 g/mol. The number of rotatable bonds is 6. The molecule has 23 heavy (non-hydrogen) atoms. The summed E-state index contributed by atoms with van der Waals surface area (Å²) in [5.74, 6) is 1.24.